The zero-order valence-electron chi connectivity index (χ0n) is 14.9. The highest BCUT2D eigenvalue weighted by Gasteiger charge is 2.23. The van der Waals surface area contributed by atoms with Crippen LogP contribution >= 0.6 is 0 Å². The van der Waals surface area contributed by atoms with Crippen molar-refractivity contribution in [1.82, 2.24) is 10.2 Å². The molecule has 0 aromatic heterocycles. The summed E-state index contributed by atoms with van der Waals surface area (Å²) in [6, 6.07) is 8.02. The fourth-order valence-corrected chi connectivity index (χ4v) is 2.65. The molecule has 1 aliphatic heterocycles. The normalized spacial score (nSPS) is 14.5. The molecule has 24 heavy (non-hydrogen) atoms. The van der Waals surface area contributed by atoms with Crippen molar-refractivity contribution in [3.63, 3.8) is 0 Å². The second-order valence-corrected chi connectivity index (χ2v) is 5.82. The molecule has 0 saturated heterocycles. The molecule has 5 nitrogen and oxygen atoms in total. The van der Waals surface area contributed by atoms with E-state index in [1.807, 2.05) is 36.1 Å². The van der Waals surface area contributed by atoms with E-state index < -0.39 is 0 Å². The summed E-state index contributed by atoms with van der Waals surface area (Å²) in [6.07, 6.45) is 3.05. The summed E-state index contributed by atoms with van der Waals surface area (Å²) in [5, 5.41) is 3.17. The van der Waals surface area contributed by atoms with Crippen LogP contribution in [-0.2, 0) is 0 Å². The first kappa shape index (κ1) is 17.9. The Morgan fingerprint density at radius 2 is 2.12 bits per heavy atom. The predicted molar refractivity (Wildman–Crippen MR) is 103 cm³/mol. The number of unbranched alkanes of at least 4 members (excludes halogenated alkanes) is 1. The third-order valence-corrected chi connectivity index (χ3v) is 4.13. The quantitative estimate of drug-likeness (QED) is 0.456. The van der Waals surface area contributed by atoms with Gasteiger partial charge < -0.3 is 15.8 Å². The van der Waals surface area contributed by atoms with Crippen molar-refractivity contribution >= 4 is 11.5 Å². The summed E-state index contributed by atoms with van der Waals surface area (Å²) in [6.45, 7) is 9.97. The maximum Gasteiger partial charge on any atom is 0.119 e. The van der Waals surface area contributed by atoms with Gasteiger partial charge in [0.05, 0.1) is 12.3 Å². The molecule has 0 fully saturated rings. The minimum atomic E-state index is 0. The average molecular weight is 330 g/mol. The molecule has 0 saturated carbocycles. The van der Waals surface area contributed by atoms with E-state index >= 15 is 0 Å². The maximum atomic E-state index is 6.09. The Labute approximate surface area is 146 Å². The third kappa shape index (κ3) is 4.10. The lowest BCUT2D eigenvalue weighted by atomic mass is 10.1. The zero-order valence-corrected chi connectivity index (χ0v) is 14.9. The number of amidine groups is 1. The predicted octanol–water partition coefficient (Wildman–Crippen LogP) is 3.55. The number of benzene rings is 1. The van der Waals surface area contributed by atoms with Gasteiger partial charge in [-0.15, -0.1) is 0 Å². The SMILES string of the molecule is C=C(c1ccc(OCCCC)cc1)N(C(C)=NC)C1=C(N)NCC1.[HH]. The molecular weight excluding hydrogens is 300 g/mol. The van der Waals surface area contributed by atoms with E-state index in [0.717, 1.165) is 61.0 Å². The zero-order chi connectivity index (χ0) is 17.5. The number of rotatable bonds is 7. The van der Waals surface area contributed by atoms with Gasteiger partial charge in [0.1, 0.15) is 17.4 Å². The van der Waals surface area contributed by atoms with Crippen LogP contribution in [0, 0.1) is 0 Å². The highest BCUT2D eigenvalue weighted by Crippen LogP contribution is 2.28. The lowest BCUT2D eigenvalue weighted by Crippen LogP contribution is -2.28. The van der Waals surface area contributed by atoms with Gasteiger partial charge in [0.25, 0.3) is 0 Å². The molecule has 2 rings (SSSR count). The van der Waals surface area contributed by atoms with Crippen LogP contribution < -0.4 is 15.8 Å². The standard InChI is InChI=1S/C19H28N4O.H2/c1-5-6-13-24-17-9-7-16(8-10-17)14(2)23(15(3)21-4)18-11-12-22-19(18)20;/h7-10,22H,2,5-6,11-13,20H2,1,3-4H3;1H. The van der Waals surface area contributed by atoms with Crippen LogP contribution in [0.5, 0.6) is 5.75 Å². The van der Waals surface area contributed by atoms with Crippen LogP contribution in [0.1, 0.15) is 40.1 Å². The summed E-state index contributed by atoms with van der Waals surface area (Å²) >= 11 is 0. The fraction of sp³-hybridized carbons (Fsp3) is 0.421. The van der Waals surface area contributed by atoms with Crippen molar-refractivity contribution in [1.29, 1.82) is 0 Å². The first-order valence-corrected chi connectivity index (χ1v) is 8.46. The number of nitrogens with two attached hydrogens (primary N) is 1. The highest BCUT2D eigenvalue weighted by atomic mass is 16.5. The molecule has 0 bridgehead atoms. The summed E-state index contributed by atoms with van der Waals surface area (Å²) in [7, 11) is 1.78. The second-order valence-electron chi connectivity index (χ2n) is 5.82. The molecule has 0 aliphatic carbocycles. The highest BCUT2D eigenvalue weighted by molar-refractivity contribution is 5.91. The molecule has 0 unspecified atom stereocenters. The second kappa shape index (κ2) is 8.43. The Balaban J connectivity index is 0.00000312. The number of ether oxygens (including phenoxy) is 1. The number of hydrogen-bond acceptors (Lipinski definition) is 4. The Kier molecular flexibility index (Phi) is 6.29. The van der Waals surface area contributed by atoms with E-state index in [1.54, 1.807) is 7.05 Å². The summed E-state index contributed by atoms with van der Waals surface area (Å²) in [5.41, 5.74) is 8.99. The van der Waals surface area contributed by atoms with Gasteiger partial charge in [-0.3, -0.25) is 9.89 Å². The molecule has 0 radical (unpaired) electrons. The summed E-state index contributed by atoms with van der Waals surface area (Å²) in [5.74, 6) is 2.44. The van der Waals surface area contributed by atoms with Crippen molar-refractivity contribution < 1.29 is 6.16 Å². The average Bonchev–Trinajstić information content (AvgIpc) is 3.01. The van der Waals surface area contributed by atoms with Gasteiger partial charge in [-0.1, -0.05) is 19.9 Å². The van der Waals surface area contributed by atoms with Crippen LogP contribution in [0.15, 0.2) is 47.4 Å². The van der Waals surface area contributed by atoms with Gasteiger partial charge in [-0.2, -0.15) is 0 Å². The minimum absolute atomic E-state index is 0. The summed E-state index contributed by atoms with van der Waals surface area (Å²) < 4.78 is 5.72. The molecule has 132 valence electrons. The monoisotopic (exact) mass is 330 g/mol. The molecule has 0 amide bonds. The molecule has 5 heteroatoms. The van der Waals surface area contributed by atoms with E-state index in [4.69, 9.17) is 10.5 Å². The number of hydrogen-bond donors (Lipinski definition) is 2. The van der Waals surface area contributed by atoms with Gasteiger partial charge in [-0.25, -0.2) is 0 Å². The van der Waals surface area contributed by atoms with Gasteiger partial charge in [0, 0.05) is 27.1 Å². The number of aliphatic imine (C=N–C) groups is 1. The van der Waals surface area contributed by atoms with Crippen LogP contribution in [0.4, 0.5) is 0 Å². The van der Waals surface area contributed by atoms with Gasteiger partial charge >= 0.3 is 0 Å². The molecule has 3 N–H and O–H groups in total. The van der Waals surface area contributed by atoms with Crippen molar-refractivity contribution in [3.05, 3.63) is 47.9 Å². The molecule has 1 aliphatic rings. The topological polar surface area (TPSA) is 62.9 Å². The Morgan fingerprint density at radius 3 is 2.67 bits per heavy atom. The van der Waals surface area contributed by atoms with Crippen molar-refractivity contribution in [2.75, 3.05) is 20.2 Å². The first-order chi connectivity index (χ1) is 11.6. The number of nitrogens with zero attached hydrogens (tertiary/aromatic N) is 2. The first-order valence-electron chi connectivity index (χ1n) is 8.46. The summed E-state index contributed by atoms with van der Waals surface area (Å²) in [4.78, 5) is 6.35. The van der Waals surface area contributed by atoms with Crippen molar-refractivity contribution in [2.24, 2.45) is 10.7 Å². The molecule has 1 aromatic rings. The lowest BCUT2D eigenvalue weighted by molar-refractivity contribution is 0.309. The van der Waals surface area contributed by atoms with E-state index in [9.17, 15) is 0 Å². The smallest absolute Gasteiger partial charge is 0.119 e. The van der Waals surface area contributed by atoms with Crippen molar-refractivity contribution in [2.45, 2.75) is 33.1 Å². The molecule has 1 aromatic carbocycles. The molecule has 0 atom stereocenters. The van der Waals surface area contributed by atoms with E-state index in [0.29, 0.717) is 5.82 Å². The van der Waals surface area contributed by atoms with Crippen LogP contribution in [0.2, 0.25) is 0 Å². The largest absolute Gasteiger partial charge is 0.494 e. The minimum Gasteiger partial charge on any atom is -0.494 e. The van der Waals surface area contributed by atoms with Gasteiger partial charge in [0.2, 0.25) is 0 Å². The lowest BCUT2D eigenvalue weighted by Gasteiger charge is -2.27. The molecular formula is C19H30N4O. The van der Waals surface area contributed by atoms with Crippen LogP contribution in [0.25, 0.3) is 5.70 Å². The third-order valence-electron chi connectivity index (χ3n) is 4.13. The van der Waals surface area contributed by atoms with E-state index in [2.05, 4.69) is 23.8 Å². The van der Waals surface area contributed by atoms with Gasteiger partial charge in [-0.05, 0) is 43.2 Å². The van der Waals surface area contributed by atoms with Crippen molar-refractivity contribution in [3.8, 4) is 5.75 Å². The van der Waals surface area contributed by atoms with E-state index in [-0.39, 0.29) is 1.43 Å². The van der Waals surface area contributed by atoms with Crippen LogP contribution in [0.3, 0.4) is 0 Å². The maximum absolute atomic E-state index is 6.09. The molecule has 0 spiro atoms. The number of nitrogens with one attached hydrogen (secondary N) is 1. The fourth-order valence-electron chi connectivity index (χ4n) is 2.65. The van der Waals surface area contributed by atoms with E-state index in [1.165, 1.54) is 0 Å². The Hall–Kier alpha value is -2.43. The van der Waals surface area contributed by atoms with Gasteiger partial charge in [0.15, 0.2) is 0 Å². The molecule has 1 heterocycles. The van der Waals surface area contributed by atoms with Crippen LogP contribution in [-0.4, -0.2) is 30.9 Å². The Bertz CT molecular complexity index is 637. The Morgan fingerprint density at radius 1 is 1.42 bits per heavy atom.